The monoisotopic (exact) mass is 252 g/mol. The molecule has 0 unspecified atom stereocenters. The summed E-state index contributed by atoms with van der Waals surface area (Å²) in [5.41, 5.74) is 3.36. The number of rotatable bonds is 3. The first kappa shape index (κ1) is 11.8. The Balaban J connectivity index is 1.65. The first-order chi connectivity index (χ1) is 9.33. The van der Waals surface area contributed by atoms with Gasteiger partial charge in [-0.05, 0) is 30.2 Å². The molecule has 0 bridgehead atoms. The number of amides is 1. The van der Waals surface area contributed by atoms with Crippen LogP contribution in [0.15, 0.2) is 54.6 Å². The van der Waals surface area contributed by atoms with Crippen molar-refractivity contribution in [3.63, 3.8) is 0 Å². The molecule has 1 aliphatic rings. The molecule has 0 aromatic heterocycles. The van der Waals surface area contributed by atoms with Crippen LogP contribution >= 0.6 is 0 Å². The van der Waals surface area contributed by atoms with Crippen LogP contribution in [-0.2, 0) is 11.2 Å². The highest BCUT2D eigenvalue weighted by Crippen LogP contribution is 2.26. The van der Waals surface area contributed by atoms with Gasteiger partial charge in [0.05, 0.1) is 6.54 Å². The highest BCUT2D eigenvalue weighted by Gasteiger charge is 2.20. The van der Waals surface area contributed by atoms with Crippen molar-refractivity contribution < 1.29 is 4.79 Å². The van der Waals surface area contributed by atoms with Crippen molar-refractivity contribution in [1.82, 2.24) is 0 Å². The summed E-state index contributed by atoms with van der Waals surface area (Å²) in [6.45, 7) is 1.33. The number of hydrogen-bond donors (Lipinski definition) is 1. The van der Waals surface area contributed by atoms with Crippen molar-refractivity contribution in [1.29, 1.82) is 0 Å². The predicted molar refractivity (Wildman–Crippen MR) is 77.4 cm³/mol. The van der Waals surface area contributed by atoms with Crippen molar-refractivity contribution in [2.75, 3.05) is 23.3 Å². The molecule has 0 spiro atoms. The summed E-state index contributed by atoms with van der Waals surface area (Å²) in [6, 6.07) is 17.8. The van der Waals surface area contributed by atoms with E-state index in [1.807, 2.05) is 42.5 Å². The third-order valence-electron chi connectivity index (χ3n) is 3.38. The minimum atomic E-state index is 0.0305. The number of anilines is 2. The lowest BCUT2D eigenvalue weighted by molar-refractivity contribution is -0.115. The van der Waals surface area contributed by atoms with E-state index in [1.165, 1.54) is 11.3 Å². The number of hydrogen-bond acceptors (Lipinski definition) is 2. The van der Waals surface area contributed by atoms with Crippen LogP contribution in [0, 0.1) is 0 Å². The van der Waals surface area contributed by atoms with Gasteiger partial charge in [0, 0.05) is 17.9 Å². The molecule has 96 valence electrons. The molecular formula is C16H16N2O. The molecule has 0 atom stereocenters. The first-order valence-electron chi connectivity index (χ1n) is 6.51. The second-order valence-electron chi connectivity index (χ2n) is 4.71. The Kier molecular flexibility index (Phi) is 3.19. The molecule has 3 heteroatoms. The molecule has 1 aliphatic heterocycles. The standard InChI is InChI=1S/C16H16N2O/c19-16(17-14-7-2-1-3-8-14)12-18-11-10-13-6-4-5-9-15(13)18/h1-9H,10-12H2,(H,17,19). The summed E-state index contributed by atoms with van der Waals surface area (Å²) in [6.07, 6.45) is 1.02. The van der Waals surface area contributed by atoms with Gasteiger partial charge in [0.2, 0.25) is 5.91 Å². The zero-order valence-electron chi connectivity index (χ0n) is 10.7. The summed E-state index contributed by atoms with van der Waals surface area (Å²) in [5, 5.41) is 2.92. The third-order valence-corrected chi connectivity index (χ3v) is 3.38. The van der Waals surface area contributed by atoms with Gasteiger partial charge in [-0.2, -0.15) is 0 Å². The van der Waals surface area contributed by atoms with Gasteiger partial charge in [0.25, 0.3) is 0 Å². The number of para-hydroxylation sites is 2. The Hall–Kier alpha value is -2.29. The smallest absolute Gasteiger partial charge is 0.243 e. The van der Waals surface area contributed by atoms with E-state index < -0.39 is 0 Å². The molecule has 2 aromatic carbocycles. The molecule has 1 heterocycles. The zero-order valence-corrected chi connectivity index (χ0v) is 10.7. The van der Waals surface area contributed by atoms with Crippen LogP contribution in [0.25, 0.3) is 0 Å². The quantitative estimate of drug-likeness (QED) is 0.911. The summed E-state index contributed by atoms with van der Waals surface area (Å²) >= 11 is 0. The molecule has 0 fully saturated rings. The highest BCUT2D eigenvalue weighted by molar-refractivity contribution is 5.94. The number of nitrogens with one attached hydrogen (secondary N) is 1. The van der Waals surface area contributed by atoms with E-state index in [-0.39, 0.29) is 5.91 Å². The van der Waals surface area contributed by atoms with Gasteiger partial charge < -0.3 is 10.2 Å². The van der Waals surface area contributed by atoms with E-state index in [2.05, 4.69) is 22.3 Å². The number of benzene rings is 2. The van der Waals surface area contributed by atoms with Crippen molar-refractivity contribution in [3.05, 3.63) is 60.2 Å². The number of fused-ring (bicyclic) bond motifs is 1. The van der Waals surface area contributed by atoms with E-state index in [0.29, 0.717) is 6.54 Å². The van der Waals surface area contributed by atoms with E-state index in [0.717, 1.165) is 18.7 Å². The Labute approximate surface area is 112 Å². The molecule has 3 nitrogen and oxygen atoms in total. The third kappa shape index (κ3) is 2.60. The van der Waals surface area contributed by atoms with Crippen LogP contribution in [0.4, 0.5) is 11.4 Å². The minimum Gasteiger partial charge on any atom is -0.362 e. The molecule has 3 rings (SSSR count). The summed E-state index contributed by atoms with van der Waals surface area (Å²) in [5.74, 6) is 0.0305. The van der Waals surface area contributed by atoms with Crippen molar-refractivity contribution in [2.45, 2.75) is 6.42 Å². The largest absolute Gasteiger partial charge is 0.362 e. The van der Waals surface area contributed by atoms with Gasteiger partial charge in [0.15, 0.2) is 0 Å². The lowest BCUT2D eigenvalue weighted by Crippen LogP contribution is -2.31. The average molecular weight is 252 g/mol. The van der Waals surface area contributed by atoms with E-state index >= 15 is 0 Å². The average Bonchev–Trinajstić information content (AvgIpc) is 2.83. The molecular weight excluding hydrogens is 236 g/mol. The topological polar surface area (TPSA) is 32.3 Å². The van der Waals surface area contributed by atoms with Gasteiger partial charge in [-0.15, -0.1) is 0 Å². The van der Waals surface area contributed by atoms with Crippen molar-refractivity contribution >= 4 is 17.3 Å². The van der Waals surface area contributed by atoms with E-state index in [1.54, 1.807) is 0 Å². The van der Waals surface area contributed by atoms with Gasteiger partial charge >= 0.3 is 0 Å². The van der Waals surface area contributed by atoms with Crippen molar-refractivity contribution in [3.8, 4) is 0 Å². The lowest BCUT2D eigenvalue weighted by atomic mass is 10.2. The van der Waals surface area contributed by atoms with E-state index in [4.69, 9.17) is 0 Å². The Morgan fingerprint density at radius 1 is 1.05 bits per heavy atom. The molecule has 0 saturated carbocycles. The van der Waals surface area contributed by atoms with Crippen LogP contribution in [0.5, 0.6) is 0 Å². The van der Waals surface area contributed by atoms with Crippen LogP contribution in [0.3, 0.4) is 0 Å². The maximum absolute atomic E-state index is 12.0. The van der Waals surface area contributed by atoms with Gasteiger partial charge in [-0.25, -0.2) is 0 Å². The predicted octanol–water partition coefficient (Wildman–Crippen LogP) is 2.69. The normalized spacial score (nSPS) is 13.2. The fourth-order valence-electron chi connectivity index (χ4n) is 2.47. The zero-order chi connectivity index (χ0) is 13.1. The molecule has 0 aliphatic carbocycles. The Bertz CT molecular complexity index is 580. The van der Waals surface area contributed by atoms with Crippen LogP contribution in [-0.4, -0.2) is 19.0 Å². The lowest BCUT2D eigenvalue weighted by Gasteiger charge is -2.18. The molecule has 19 heavy (non-hydrogen) atoms. The molecule has 2 aromatic rings. The van der Waals surface area contributed by atoms with Crippen LogP contribution < -0.4 is 10.2 Å². The number of nitrogens with zero attached hydrogens (tertiary/aromatic N) is 1. The maximum atomic E-state index is 12.0. The fourth-order valence-corrected chi connectivity index (χ4v) is 2.47. The SMILES string of the molecule is O=C(CN1CCc2ccccc21)Nc1ccccc1. The van der Waals surface area contributed by atoms with Gasteiger partial charge in [0.1, 0.15) is 0 Å². The Morgan fingerprint density at radius 2 is 1.79 bits per heavy atom. The molecule has 0 saturated heterocycles. The molecule has 1 N–H and O–H groups in total. The number of carbonyl (C=O) groups excluding carboxylic acids is 1. The van der Waals surface area contributed by atoms with Crippen molar-refractivity contribution in [2.24, 2.45) is 0 Å². The fraction of sp³-hybridized carbons (Fsp3) is 0.188. The first-order valence-corrected chi connectivity index (χ1v) is 6.51. The maximum Gasteiger partial charge on any atom is 0.243 e. The van der Waals surface area contributed by atoms with E-state index in [9.17, 15) is 4.79 Å². The van der Waals surface area contributed by atoms with Crippen LogP contribution in [0.1, 0.15) is 5.56 Å². The number of carbonyl (C=O) groups is 1. The van der Waals surface area contributed by atoms with Gasteiger partial charge in [-0.1, -0.05) is 36.4 Å². The molecule has 0 radical (unpaired) electrons. The second-order valence-corrected chi connectivity index (χ2v) is 4.71. The summed E-state index contributed by atoms with van der Waals surface area (Å²) < 4.78 is 0. The Morgan fingerprint density at radius 3 is 2.63 bits per heavy atom. The second kappa shape index (κ2) is 5.14. The summed E-state index contributed by atoms with van der Waals surface area (Å²) in [4.78, 5) is 14.2. The summed E-state index contributed by atoms with van der Waals surface area (Å²) in [7, 11) is 0. The minimum absolute atomic E-state index is 0.0305. The molecule has 1 amide bonds. The van der Waals surface area contributed by atoms with Gasteiger partial charge in [-0.3, -0.25) is 4.79 Å². The highest BCUT2D eigenvalue weighted by atomic mass is 16.2. The van der Waals surface area contributed by atoms with Crippen LogP contribution in [0.2, 0.25) is 0 Å².